The number of aryl methyl sites for hydroxylation is 1. The average molecular weight is 270 g/mol. The first-order valence-electron chi connectivity index (χ1n) is 7.01. The Balaban J connectivity index is 1.71. The summed E-state index contributed by atoms with van der Waals surface area (Å²) in [7, 11) is 0. The van der Waals surface area contributed by atoms with Crippen LogP contribution in [-0.4, -0.2) is 17.8 Å². The molecule has 2 aromatic rings. The first kappa shape index (κ1) is 14.7. The van der Waals surface area contributed by atoms with Crippen molar-refractivity contribution in [3.8, 4) is 0 Å². The molecule has 2 aromatic carbocycles. The molecule has 0 amide bonds. The lowest BCUT2D eigenvalue weighted by atomic mass is 10.1. The molecule has 4 N–H and O–H groups in total. The van der Waals surface area contributed by atoms with E-state index in [4.69, 9.17) is 5.73 Å². The summed E-state index contributed by atoms with van der Waals surface area (Å²) < 4.78 is 0. The number of aliphatic hydroxyl groups excluding tert-OH is 1. The van der Waals surface area contributed by atoms with Crippen LogP contribution in [0.15, 0.2) is 60.7 Å². The zero-order valence-electron chi connectivity index (χ0n) is 11.6. The molecule has 3 nitrogen and oxygen atoms in total. The van der Waals surface area contributed by atoms with Gasteiger partial charge in [-0.25, -0.2) is 0 Å². The summed E-state index contributed by atoms with van der Waals surface area (Å²) in [5.74, 6) is 0. The number of aliphatic hydroxyl groups is 1. The van der Waals surface area contributed by atoms with Crippen molar-refractivity contribution in [2.24, 2.45) is 5.73 Å². The minimum atomic E-state index is -0.384. The van der Waals surface area contributed by atoms with E-state index in [9.17, 15) is 5.11 Å². The number of nitrogens with one attached hydrogen (secondary N) is 1. The van der Waals surface area contributed by atoms with Gasteiger partial charge in [0.1, 0.15) is 0 Å². The molecule has 0 aliphatic carbocycles. The van der Waals surface area contributed by atoms with E-state index < -0.39 is 0 Å². The molecule has 2 rings (SSSR count). The van der Waals surface area contributed by atoms with Gasteiger partial charge in [0.2, 0.25) is 0 Å². The quantitative estimate of drug-likeness (QED) is 0.676. The van der Waals surface area contributed by atoms with E-state index in [-0.39, 0.29) is 12.3 Å². The van der Waals surface area contributed by atoms with E-state index in [1.807, 2.05) is 48.5 Å². The molecular weight excluding hydrogens is 248 g/mol. The molecule has 0 bridgehead atoms. The van der Waals surface area contributed by atoms with E-state index in [0.717, 1.165) is 18.4 Å². The van der Waals surface area contributed by atoms with Crippen molar-refractivity contribution in [2.45, 2.75) is 25.1 Å². The van der Waals surface area contributed by atoms with Gasteiger partial charge >= 0.3 is 0 Å². The van der Waals surface area contributed by atoms with Crippen molar-refractivity contribution >= 4 is 0 Å². The fourth-order valence-corrected chi connectivity index (χ4v) is 2.12. The van der Waals surface area contributed by atoms with Crippen LogP contribution in [0.2, 0.25) is 0 Å². The molecule has 2 atom stereocenters. The summed E-state index contributed by atoms with van der Waals surface area (Å²) in [6, 6.07) is 20.0. The molecule has 3 heteroatoms. The Morgan fingerprint density at radius 3 is 2.20 bits per heavy atom. The second kappa shape index (κ2) is 7.80. The van der Waals surface area contributed by atoms with Crippen LogP contribution in [0.5, 0.6) is 0 Å². The molecule has 0 aromatic heterocycles. The Kier molecular flexibility index (Phi) is 5.74. The maximum Gasteiger partial charge on any atom is 0.0810 e. The number of benzene rings is 2. The lowest BCUT2D eigenvalue weighted by Gasteiger charge is -2.17. The topological polar surface area (TPSA) is 58.3 Å². The predicted octanol–water partition coefficient (Wildman–Crippen LogP) is 2.23. The van der Waals surface area contributed by atoms with E-state index >= 15 is 0 Å². The van der Waals surface area contributed by atoms with Crippen LogP contribution in [0.3, 0.4) is 0 Å². The molecule has 0 heterocycles. The molecule has 0 saturated heterocycles. The highest BCUT2D eigenvalue weighted by Crippen LogP contribution is 2.08. The number of hydrogen-bond acceptors (Lipinski definition) is 3. The summed E-state index contributed by atoms with van der Waals surface area (Å²) in [6.07, 6.45) is 0.996. The highest BCUT2D eigenvalue weighted by Gasteiger charge is 2.08. The summed E-state index contributed by atoms with van der Waals surface area (Å²) in [5, 5.41) is 13.2. The van der Waals surface area contributed by atoms with E-state index in [0.29, 0.717) is 6.54 Å². The SMILES string of the molecule is NC(NCC(O)CCc1ccccc1)c1ccccc1. The van der Waals surface area contributed by atoms with Gasteiger partial charge < -0.3 is 10.8 Å². The van der Waals surface area contributed by atoms with Crippen LogP contribution in [0, 0.1) is 0 Å². The summed E-state index contributed by atoms with van der Waals surface area (Å²) >= 11 is 0. The monoisotopic (exact) mass is 270 g/mol. The summed E-state index contributed by atoms with van der Waals surface area (Å²) in [5.41, 5.74) is 8.31. The first-order chi connectivity index (χ1) is 9.75. The van der Waals surface area contributed by atoms with Gasteiger partial charge in [-0.1, -0.05) is 60.7 Å². The Morgan fingerprint density at radius 1 is 0.950 bits per heavy atom. The second-order valence-electron chi connectivity index (χ2n) is 4.97. The summed E-state index contributed by atoms with van der Waals surface area (Å²) in [6.45, 7) is 0.503. The first-order valence-corrected chi connectivity index (χ1v) is 7.01. The molecular formula is C17H22N2O. The smallest absolute Gasteiger partial charge is 0.0810 e. The minimum Gasteiger partial charge on any atom is -0.392 e. The number of nitrogens with two attached hydrogens (primary N) is 1. The van der Waals surface area contributed by atoms with Gasteiger partial charge in [0.15, 0.2) is 0 Å². The lowest BCUT2D eigenvalue weighted by Crippen LogP contribution is -2.35. The fraction of sp³-hybridized carbons (Fsp3) is 0.294. The van der Waals surface area contributed by atoms with E-state index in [2.05, 4.69) is 17.4 Å². The minimum absolute atomic E-state index is 0.234. The zero-order valence-corrected chi connectivity index (χ0v) is 11.6. The Morgan fingerprint density at radius 2 is 1.55 bits per heavy atom. The molecule has 0 spiro atoms. The molecule has 2 unspecified atom stereocenters. The van der Waals surface area contributed by atoms with Gasteiger partial charge in [-0.15, -0.1) is 0 Å². The highest BCUT2D eigenvalue weighted by atomic mass is 16.3. The van der Waals surface area contributed by atoms with Crippen molar-refractivity contribution in [3.05, 3.63) is 71.8 Å². The third-order valence-corrected chi connectivity index (χ3v) is 3.34. The molecule has 0 aliphatic rings. The van der Waals surface area contributed by atoms with Crippen LogP contribution in [0.4, 0.5) is 0 Å². The van der Waals surface area contributed by atoms with Gasteiger partial charge in [-0.2, -0.15) is 0 Å². The van der Waals surface area contributed by atoms with Crippen molar-refractivity contribution < 1.29 is 5.11 Å². The van der Waals surface area contributed by atoms with Crippen LogP contribution in [0.25, 0.3) is 0 Å². The second-order valence-corrected chi connectivity index (χ2v) is 4.97. The average Bonchev–Trinajstić information content (AvgIpc) is 2.52. The van der Waals surface area contributed by atoms with Gasteiger partial charge in [0.25, 0.3) is 0 Å². The Labute approximate surface area is 120 Å². The van der Waals surface area contributed by atoms with Gasteiger partial charge in [-0.3, -0.25) is 5.32 Å². The predicted molar refractivity (Wildman–Crippen MR) is 82.1 cm³/mol. The highest BCUT2D eigenvalue weighted by molar-refractivity contribution is 5.18. The maximum atomic E-state index is 9.99. The molecule has 0 saturated carbocycles. The van der Waals surface area contributed by atoms with Crippen molar-refractivity contribution in [3.63, 3.8) is 0 Å². The normalized spacial score (nSPS) is 13.9. The number of rotatable bonds is 7. The third kappa shape index (κ3) is 4.78. The molecule has 20 heavy (non-hydrogen) atoms. The largest absolute Gasteiger partial charge is 0.392 e. The van der Waals surface area contributed by atoms with Crippen LogP contribution >= 0.6 is 0 Å². The van der Waals surface area contributed by atoms with Crippen LogP contribution in [0.1, 0.15) is 23.7 Å². The fourth-order valence-electron chi connectivity index (χ4n) is 2.12. The zero-order chi connectivity index (χ0) is 14.2. The van der Waals surface area contributed by atoms with Gasteiger partial charge in [-0.05, 0) is 24.0 Å². The van der Waals surface area contributed by atoms with E-state index in [1.54, 1.807) is 0 Å². The van der Waals surface area contributed by atoms with Crippen molar-refractivity contribution in [1.82, 2.24) is 5.32 Å². The molecule has 106 valence electrons. The van der Waals surface area contributed by atoms with E-state index in [1.165, 1.54) is 5.56 Å². The van der Waals surface area contributed by atoms with Crippen LogP contribution in [-0.2, 0) is 6.42 Å². The standard InChI is InChI=1S/C17H22N2O/c18-17(15-9-5-2-6-10-15)19-13-16(20)12-11-14-7-3-1-4-8-14/h1-10,16-17,19-20H,11-13,18H2. The molecule has 0 fully saturated rings. The van der Waals surface area contributed by atoms with Crippen molar-refractivity contribution in [1.29, 1.82) is 0 Å². The number of hydrogen-bond donors (Lipinski definition) is 3. The van der Waals surface area contributed by atoms with Crippen LogP contribution < -0.4 is 11.1 Å². The Bertz CT molecular complexity index is 487. The van der Waals surface area contributed by atoms with Gasteiger partial charge in [0.05, 0.1) is 12.3 Å². The lowest BCUT2D eigenvalue weighted by molar-refractivity contribution is 0.158. The molecule has 0 radical (unpaired) electrons. The van der Waals surface area contributed by atoms with Gasteiger partial charge in [0, 0.05) is 6.54 Å². The van der Waals surface area contributed by atoms with Crippen molar-refractivity contribution in [2.75, 3.05) is 6.54 Å². The molecule has 0 aliphatic heterocycles. The maximum absolute atomic E-state index is 9.99. The summed E-state index contributed by atoms with van der Waals surface area (Å²) in [4.78, 5) is 0. The Hall–Kier alpha value is -1.68. The third-order valence-electron chi connectivity index (χ3n) is 3.34.